The number of halogens is 1. The summed E-state index contributed by atoms with van der Waals surface area (Å²) < 4.78 is 12.3. The van der Waals surface area contributed by atoms with Crippen LogP contribution in [0.2, 0.25) is 0 Å². The molecule has 0 saturated carbocycles. The van der Waals surface area contributed by atoms with Gasteiger partial charge in [-0.25, -0.2) is 10.2 Å². The van der Waals surface area contributed by atoms with Crippen LogP contribution in [0.3, 0.4) is 0 Å². The summed E-state index contributed by atoms with van der Waals surface area (Å²) in [5.41, 5.74) is 13.8. The zero-order valence-corrected chi connectivity index (χ0v) is 18.0. The zero-order chi connectivity index (χ0) is 22.6. The van der Waals surface area contributed by atoms with E-state index in [-0.39, 0.29) is 17.8 Å². The van der Waals surface area contributed by atoms with Gasteiger partial charge < -0.3 is 27.2 Å². The molecule has 1 aromatic rings. The zero-order valence-electron chi connectivity index (χ0n) is 18.0. The van der Waals surface area contributed by atoms with Gasteiger partial charge in [0.15, 0.2) is 0 Å². The predicted octanol–water partition coefficient (Wildman–Crippen LogP) is 2.58. The van der Waals surface area contributed by atoms with Gasteiger partial charge in [-0.15, -0.1) is 0 Å². The highest BCUT2D eigenvalue weighted by atomic mass is 19.1. The standard InChI is InChI=1S/C22H35FN6O/c1-4-28-22(2,3)9-7-17(8-12-27-13-10-23)15-20(25)19-6-5-18(16-21(19)30)29(26)14-11-24/h5-8,11-12,14-16,27-28,30H,4,9-10,13,24-26H2,1-3H3/b12-8-,14-11-,17-7+,20-15-. The molecule has 0 amide bonds. The summed E-state index contributed by atoms with van der Waals surface area (Å²) in [7, 11) is 0. The summed E-state index contributed by atoms with van der Waals surface area (Å²) in [4.78, 5) is 0. The minimum absolute atomic E-state index is 0.00557. The SMILES string of the molecule is CCNC(C)(C)C/C=C(\C=C/NCCF)/C=C(\N)c1ccc(N(N)/C=C\N)cc1O. The van der Waals surface area contributed by atoms with E-state index in [1.165, 1.54) is 23.5 Å². The Hall–Kier alpha value is -2.97. The Bertz CT molecular complexity index is 786. The Morgan fingerprint density at radius 3 is 2.67 bits per heavy atom. The Labute approximate surface area is 178 Å². The largest absolute Gasteiger partial charge is 0.507 e. The Morgan fingerprint density at radius 1 is 1.33 bits per heavy atom. The molecule has 30 heavy (non-hydrogen) atoms. The lowest BCUT2D eigenvalue weighted by Crippen LogP contribution is -2.38. The maximum atomic E-state index is 12.3. The van der Waals surface area contributed by atoms with Gasteiger partial charge in [-0.2, -0.15) is 0 Å². The smallest absolute Gasteiger partial charge is 0.127 e. The summed E-state index contributed by atoms with van der Waals surface area (Å²) >= 11 is 0. The van der Waals surface area contributed by atoms with Crippen molar-refractivity contribution in [1.29, 1.82) is 0 Å². The van der Waals surface area contributed by atoms with E-state index < -0.39 is 6.67 Å². The fraction of sp³-hybridized carbons (Fsp3) is 0.364. The molecule has 0 aliphatic heterocycles. The molecule has 0 bridgehead atoms. The molecule has 1 aromatic carbocycles. The number of anilines is 1. The van der Waals surface area contributed by atoms with E-state index in [2.05, 4.69) is 31.4 Å². The van der Waals surface area contributed by atoms with Crippen molar-refractivity contribution in [3.63, 3.8) is 0 Å². The first-order chi connectivity index (χ1) is 14.2. The third-order valence-corrected chi connectivity index (χ3v) is 4.30. The van der Waals surface area contributed by atoms with Crippen molar-refractivity contribution in [3.8, 4) is 5.75 Å². The van der Waals surface area contributed by atoms with Crippen molar-refractivity contribution in [2.75, 3.05) is 24.8 Å². The molecule has 9 N–H and O–H groups in total. The Morgan fingerprint density at radius 2 is 2.07 bits per heavy atom. The van der Waals surface area contributed by atoms with Gasteiger partial charge in [0.2, 0.25) is 0 Å². The van der Waals surface area contributed by atoms with Crippen LogP contribution in [-0.2, 0) is 0 Å². The highest BCUT2D eigenvalue weighted by molar-refractivity contribution is 5.73. The Kier molecular flexibility index (Phi) is 10.5. The van der Waals surface area contributed by atoms with Gasteiger partial charge in [0, 0.05) is 41.8 Å². The molecule has 1 rings (SSSR count). The second-order valence-corrected chi connectivity index (χ2v) is 7.35. The highest BCUT2D eigenvalue weighted by Crippen LogP contribution is 2.28. The first kappa shape index (κ1) is 25.1. The van der Waals surface area contributed by atoms with Crippen LogP contribution in [0.1, 0.15) is 32.8 Å². The van der Waals surface area contributed by atoms with E-state index in [9.17, 15) is 9.50 Å². The fourth-order valence-corrected chi connectivity index (χ4v) is 2.75. The van der Waals surface area contributed by atoms with Crippen LogP contribution in [0, 0.1) is 0 Å². The summed E-state index contributed by atoms with van der Waals surface area (Å²) in [6.07, 6.45) is 10.8. The molecular weight excluding hydrogens is 383 g/mol. The van der Waals surface area contributed by atoms with Crippen LogP contribution in [0.4, 0.5) is 10.1 Å². The lowest BCUT2D eigenvalue weighted by Gasteiger charge is -2.24. The number of allylic oxidation sites excluding steroid dienone is 3. The van der Waals surface area contributed by atoms with Crippen LogP contribution < -0.4 is 33.0 Å². The average molecular weight is 419 g/mol. The van der Waals surface area contributed by atoms with E-state index in [0.29, 0.717) is 16.9 Å². The van der Waals surface area contributed by atoms with Crippen LogP contribution >= 0.6 is 0 Å². The highest BCUT2D eigenvalue weighted by Gasteiger charge is 2.14. The molecule has 0 unspecified atom stereocenters. The number of hydrogen-bond donors (Lipinski definition) is 6. The number of hydrogen-bond acceptors (Lipinski definition) is 7. The van der Waals surface area contributed by atoms with E-state index in [1.807, 2.05) is 12.2 Å². The van der Waals surface area contributed by atoms with Crippen molar-refractivity contribution in [3.05, 3.63) is 66.2 Å². The maximum Gasteiger partial charge on any atom is 0.127 e. The molecule has 0 fully saturated rings. The van der Waals surface area contributed by atoms with Crippen molar-refractivity contribution >= 4 is 11.4 Å². The first-order valence-corrected chi connectivity index (χ1v) is 9.88. The molecule has 0 heterocycles. The monoisotopic (exact) mass is 418 g/mol. The minimum atomic E-state index is -0.452. The molecule has 0 radical (unpaired) electrons. The molecule has 7 nitrogen and oxygen atoms in total. The van der Waals surface area contributed by atoms with Gasteiger partial charge in [-0.3, -0.25) is 5.01 Å². The van der Waals surface area contributed by atoms with Crippen molar-refractivity contribution in [1.82, 2.24) is 10.6 Å². The molecule has 0 atom stereocenters. The quantitative estimate of drug-likeness (QED) is 0.133. The number of nitrogens with one attached hydrogen (secondary N) is 2. The van der Waals surface area contributed by atoms with Crippen LogP contribution in [0.5, 0.6) is 5.75 Å². The molecule has 8 heteroatoms. The van der Waals surface area contributed by atoms with Crippen LogP contribution in [0.25, 0.3) is 5.70 Å². The van der Waals surface area contributed by atoms with E-state index in [4.69, 9.17) is 17.3 Å². The summed E-state index contributed by atoms with van der Waals surface area (Å²) in [6.45, 7) is 6.93. The number of nitrogens with two attached hydrogens (primary N) is 3. The molecule has 0 saturated heterocycles. The number of phenolic OH excluding ortho intramolecular Hbond substituents is 1. The Balaban J connectivity index is 3.16. The van der Waals surface area contributed by atoms with Gasteiger partial charge in [0.05, 0.1) is 5.69 Å². The third-order valence-electron chi connectivity index (χ3n) is 4.30. The van der Waals surface area contributed by atoms with E-state index in [1.54, 1.807) is 24.4 Å². The lowest BCUT2D eigenvalue weighted by molar-refractivity contribution is 0.403. The molecular formula is C22H35FN6O. The second-order valence-electron chi connectivity index (χ2n) is 7.35. The van der Waals surface area contributed by atoms with Crippen molar-refractivity contribution in [2.24, 2.45) is 17.3 Å². The fourth-order valence-electron chi connectivity index (χ4n) is 2.75. The van der Waals surface area contributed by atoms with Gasteiger partial charge in [0.25, 0.3) is 0 Å². The first-order valence-electron chi connectivity index (χ1n) is 9.88. The molecule has 166 valence electrons. The number of phenols is 1. The molecule has 0 aliphatic rings. The van der Waals surface area contributed by atoms with Gasteiger partial charge in [0.1, 0.15) is 12.4 Å². The summed E-state index contributed by atoms with van der Waals surface area (Å²) in [5, 5.41) is 18.0. The minimum Gasteiger partial charge on any atom is -0.507 e. The van der Waals surface area contributed by atoms with Crippen LogP contribution in [-0.4, -0.2) is 30.4 Å². The number of benzene rings is 1. The van der Waals surface area contributed by atoms with E-state index >= 15 is 0 Å². The third kappa shape index (κ3) is 8.59. The summed E-state index contributed by atoms with van der Waals surface area (Å²) in [5.74, 6) is 5.81. The maximum absolute atomic E-state index is 12.3. The second kappa shape index (κ2) is 12.6. The number of rotatable bonds is 12. The van der Waals surface area contributed by atoms with E-state index in [0.717, 1.165) is 18.5 Å². The lowest BCUT2D eigenvalue weighted by atomic mass is 9.98. The topological polar surface area (TPSA) is 126 Å². The molecule has 0 aliphatic carbocycles. The van der Waals surface area contributed by atoms with Gasteiger partial charge in [-0.05, 0) is 62.9 Å². The molecule has 0 aromatic heterocycles. The van der Waals surface area contributed by atoms with Crippen LogP contribution in [0.15, 0.2) is 60.6 Å². The number of nitrogens with zero attached hydrogens (tertiary/aromatic N) is 1. The van der Waals surface area contributed by atoms with Gasteiger partial charge >= 0.3 is 0 Å². The van der Waals surface area contributed by atoms with Crippen molar-refractivity contribution < 1.29 is 9.50 Å². The number of alkyl halides is 1. The normalized spacial score (nSPS) is 13.4. The average Bonchev–Trinajstić information content (AvgIpc) is 2.69. The molecule has 0 spiro atoms. The van der Waals surface area contributed by atoms with Gasteiger partial charge in [-0.1, -0.05) is 13.0 Å². The number of hydrazine groups is 1. The summed E-state index contributed by atoms with van der Waals surface area (Å²) in [6, 6.07) is 4.92. The predicted molar refractivity (Wildman–Crippen MR) is 124 cm³/mol. The van der Waals surface area contributed by atoms with Crippen molar-refractivity contribution in [2.45, 2.75) is 32.7 Å². The number of aromatic hydroxyl groups is 1.